The first-order valence-corrected chi connectivity index (χ1v) is 6.12. The first-order chi connectivity index (χ1) is 7.26. The van der Waals surface area contributed by atoms with Crippen LogP contribution in [0, 0.1) is 23.7 Å². The maximum absolute atomic E-state index is 5.72. The molecule has 84 valence electrons. The van der Waals surface area contributed by atoms with Crippen molar-refractivity contribution in [2.75, 3.05) is 0 Å². The van der Waals surface area contributed by atoms with Gasteiger partial charge >= 0.3 is 5.96 Å². The monoisotopic (exact) mass is 209 g/mol. The van der Waals surface area contributed by atoms with E-state index >= 15 is 0 Å². The number of guanidine groups is 1. The quantitative estimate of drug-likeness (QED) is 0.187. The fourth-order valence-electron chi connectivity index (χ4n) is 4.38. The number of nitrogens with one attached hydrogen (secondary N) is 2. The van der Waals surface area contributed by atoms with Crippen molar-refractivity contribution in [1.29, 1.82) is 0 Å². The summed E-state index contributed by atoms with van der Waals surface area (Å²) in [5, 5.41) is 0. The maximum atomic E-state index is 5.72. The molecule has 0 heterocycles. The van der Waals surface area contributed by atoms with Crippen molar-refractivity contribution in [3.63, 3.8) is 0 Å². The zero-order chi connectivity index (χ0) is 10.4. The van der Waals surface area contributed by atoms with Crippen LogP contribution in [0.1, 0.15) is 32.1 Å². The van der Waals surface area contributed by atoms with Crippen molar-refractivity contribution in [1.82, 2.24) is 5.43 Å². The molecular formula is C11H21N4+. The van der Waals surface area contributed by atoms with Crippen LogP contribution in [0.25, 0.3) is 0 Å². The predicted octanol–water partition coefficient (Wildman–Crippen LogP) is -1.33. The van der Waals surface area contributed by atoms with Gasteiger partial charge in [-0.3, -0.25) is 10.7 Å². The molecule has 0 amide bonds. The molecule has 15 heavy (non-hydrogen) atoms. The van der Waals surface area contributed by atoms with Gasteiger partial charge in [-0.1, -0.05) is 0 Å². The molecule has 0 aromatic carbocycles. The Labute approximate surface area is 90.5 Å². The van der Waals surface area contributed by atoms with E-state index in [-0.39, 0.29) is 0 Å². The molecule has 0 aliphatic heterocycles. The van der Waals surface area contributed by atoms with E-state index in [0.717, 1.165) is 23.7 Å². The SMILES string of the molecule is NNC(N)=[NH+]C1C2CC3CC(C2)CC1C3. The lowest BCUT2D eigenvalue weighted by molar-refractivity contribution is -0.539. The molecule has 4 nitrogen and oxygen atoms in total. The molecular weight excluding hydrogens is 188 g/mol. The highest BCUT2D eigenvalue weighted by molar-refractivity contribution is 5.70. The lowest BCUT2D eigenvalue weighted by atomic mass is 9.54. The van der Waals surface area contributed by atoms with Gasteiger partial charge in [0.05, 0.1) is 6.04 Å². The Kier molecular flexibility index (Phi) is 2.12. The third-order valence-corrected chi connectivity index (χ3v) is 4.70. The predicted molar refractivity (Wildman–Crippen MR) is 58.3 cm³/mol. The van der Waals surface area contributed by atoms with E-state index in [9.17, 15) is 0 Å². The zero-order valence-corrected chi connectivity index (χ0v) is 9.08. The largest absolute Gasteiger partial charge is 0.358 e. The number of rotatable bonds is 1. The molecule has 4 heteroatoms. The highest BCUT2D eigenvalue weighted by Gasteiger charge is 2.48. The molecule has 4 rings (SSSR count). The van der Waals surface area contributed by atoms with Crippen molar-refractivity contribution in [2.24, 2.45) is 35.2 Å². The van der Waals surface area contributed by atoms with Crippen LogP contribution in [0.3, 0.4) is 0 Å². The van der Waals surface area contributed by atoms with E-state index in [1.165, 1.54) is 32.1 Å². The normalized spacial score (nSPS) is 48.3. The second kappa shape index (κ2) is 3.37. The van der Waals surface area contributed by atoms with Crippen molar-refractivity contribution >= 4 is 5.96 Å². The fraction of sp³-hybridized carbons (Fsp3) is 0.909. The van der Waals surface area contributed by atoms with Gasteiger partial charge in [0.25, 0.3) is 0 Å². The summed E-state index contributed by atoms with van der Waals surface area (Å²) in [7, 11) is 0. The van der Waals surface area contributed by atoms with E-state index in [2.05, 4.69) is 10.4 Å². The van der Waals surface area contributed by atoms with E-state index in [1.54, 1.807) is 0 Å². The second-order valence-corrected chi connectivity index (χ2v) is 5.66. The van der Waals surface area contributed by atoms with Crippen molar-refractivity contribution in [3.8, 4) is 0 Å². The van der Waals surface area contributed by atoms with E-state index in [1.807, 2.05) is 0 Å². The van der Waals surface area contributed by atoms with Gasteiger partial charge in [0.15, 0.2) is 0 Å². The van der Waals surface area contributed by atoms with Gasteiger partial charge in [-0.05, 0) is 55.8 Å². The van der Waals surface area contributed by atoms with Gasteiger partial charge < -0.3 is 0 Å². The minimum atomic E-state index is 0.535. The Morgan fingerprint density at radius 1 is 1.00 bits per heavy atom. The molecule has 4 aliphatic rings. The van der Waals surface area contributed by atoms with Crippen LogP contribution in [0.15, 0.2) is 0 Å². The number of hydrogen-bond acceptors (Lipinski definition) is 1. The number of nitrogens with two attached hydrogens (primary N) is 2. The van der Waals surface area contributed by atoms with Gasteiger partial charge in [0.1, 0.15) is 0 Å². The topological polar surface area (TPSA) is 78.0 Å². The van der Waals surface area contributed by atoms with Crippen LogP contribution in [0.4, 0.5) is 0 Å². The summed E-state index contributed by atoms with van der Waals surface area (Å²) in [6.45, 7) is 0. The first-order valence-electron chi connectivity index (χ1n) is 6.12. The third kappa shape index (κ3) is 1.51. The lowest BCUT2D eigenvalue weighted by Gasteiger charge is -2.52. The van der Waals surface area contributed by atoms with Gasteiger partial charge in [0.2, 0.25) is 0 Å². The van der Waals surface area contributed by atoms with Crippen molar-refractivity contribution < 1.29 is 4.99 Å². The van der Waals surface area contributed by atoms with Crippen LogP contribution in [-0.4, -0.2) is 12.0 Å². The maximum Gasteiger partial charge on any atom is 0.358 e. The fourth-order valence-corrected chi connectivity index (χ4v) is 4.38. The molecule has 0 spiro atoms. The van der Waals surface area contributed by atoms with Gasteiger partial charge in [-0.2, -0.15) is 5.84 Å². The molecule has 0 aromatic rings. The number of hydrogen-bond donors (Lipinski definition) is 4. The lowest BCUT2D eigenvalue weighted by Crippen LogP contribution is -2.89. The molecule has 0 saturated heterocycles. The molecule has 0 radical (unpaired) electrons. The number of hydrazine groups is 1. The molecule has 6 N–H and O–H groups in total. The minimum absolute atomic E-state index is 0.535. The summed E-state index contributed by atoms with van der Waals surface area (Å²) >= 11 is 0. The zero-order valence-electron chi connectivity index (χ0n) is 9.08. The molecule has 4 fully saturated rings. The Balaban J connectivity index is 1.80. The molecule has 0 unspecified atom stereocenters. The van der Waals surface area contributed by atoms with Crippen LogP contribution < -0.4 is 22.0 Å². The van der Waals surface area contributed by atoms with Gasteiger partial charge in [-0.25, -0.2) is 5.43 Å². The molecule has 4 bridgehead atoms. The van der Waals surface area contributed by atoms with E-state index in [4.69, 9.17) is 11.6 Å². The summed E-state index contributed by atoms with van der Waals surface area (Å²) in [5.74, 6) is 9.54. The molecule has 4 aliphatic carbocycles. The average molecular weight is 209 g/mol. The Morgan fingerprint density at radius 2 is 1.53 bits per heavy atom. The van der Waals surface area contributed by atoms with Gasteiger partial charge in [0, 0.05) is 0 Å². The van der Waals surface area contributed by atoms with E-state index < -0.39 is 0 Å². The van der Waals surface area contributed by atoms with Crippen LogP contribution >= 0.6 is 0 Å². The smallest absolute Gasteiger partial charge is 0.290 e. The molecule has 4 saturated carbocycles. The van der Waals surface area contributed by atoms with Crippen LogP contribution in [-0.2, 0) is 0 Å². The van der Waals surface area contributed by atoms with E-state index in [0.29, 0.717) is 12.0 Å². The highest BCUT2D eigenvalue weighted by Crippen LogP contribution is 2.52. The van der Waals surface area contributed by atoms with Gasteiger partial charge in [-0.15, -0.1) is 0 Å². The van der Waals surface area contributed by atoms with Crippen molar-refractivity contribution in [2.45, 2.75) is 38.1 Å². The van der Waals surface area contributed by atoms with Crippen LogP contribution in [0.2, 0.25) is 0 Å². The first kappa shape index (κ1) is 9.46. The highest BCUT2D eigenvalue weighted by atomic mass is 15.3. The minimum Gasteiger partial charge on any atom is -0.290 e. The Morgan fingerprint density at radius 3 is 2.00 bits per heavy atom. The Bertz CT molecular complexity index is 258. The summed E-state index contributed by atoms with van der Waals surface area (Å²) < 4.78 is 0. The summed E-state index contributed by atoms with van der Waals surface area (Å²) in [6, 6.07) is 0.578. The van der Waals surface area contributed by atoms with Crippen LogP contribution in [0.5, 0.6) is 0 Å². The van der Waals surface area contributed by atoms with Crippen molar-refractivity contribution in [3.05, 3.63) is 0 Å². The average Bonchev–Trinajstić information content (AvgIpc) is 2.22. The standard InChI is InChI=1S/C11H20N4/c12-11(15-13)14-10-8-2-6-1-7(4-8)5-9(10)3-6/h6-10H,1-5,13H2,(H3,12,14,15)/p+1. The summed E-state index contributed by atoms with van der Waals surface area (Å²) in [5.41, 5.74) is 8.23. The molecule has 0 atom stereocenters. The third-order valence-electron chi connectivity index (χ3n) is 4.70. The Hall–Kier alpha value is -0.770. The second-order valence-electron chi connectivity index (χ2n) is 5.66. The summed E-state index contributed by atoms with van der Waals surface area (Å²) in [6.07, 6.45) is 7.12. The molecule has 0 aromatic heterocycles. The summed E-state index contributed by atoms with van der Waals surface area (Å²) in [4.78, 5) is 3.37.